The molecule has 0 saturated carbocycles. The summed E-state index contributed by atoms with van der Waals surface area (Å²) in [7, 11) is 1.76. The van der Waals surface area contributed by atoms with E-state index in [9.17, 15) is 0 Å². The lowest BCUT2D eigenvalue weighted by molar-refractivity contribution is -0.0204. The highest BCUT2D eigenvalue weighted by Gasteiger charge is 2.32. The van der Waals surface area contributed by atoms with Crippen LogP contribution in [0.2, 0.25) is 0 Å². The van der Waals surface area contributed by atoms with E-state index in [4.69, 9.17) is 9.47 Å². The molecule has 2 aromatic heterocycles. The summed E-state index contributed by atoms with van der Waals surface area (Å²) in [4.78, 5) is 5.58. The van der Waals surface area contributed by atoms with E-state index in [1.54, 1.807) is 18.4 Å². The van der Waals surface area contributed by atoms with Gasteiger partial charge in [-0.2, -0.15) is 0 Å². The Kier molecular flexibility index (Phi) is 4.70. The fraction of sp³-hybridized carbons (Fsp3) is 0.444. The third-order valence-corrected chi connectivity index (χ3v) is 5.61. The first-order chi connectivity index (χ1) is 12.3. The molecule has 132 valence electrons. The summed E-state index contributed by atoms with van der Waals surface area (Å²) in [5.41, 5.74) is 2.18. The van der Waals surface area contributed by atoms with Crippen molar-refractivity contribution in [2.75, 3.05) is 38.8 Å². The third-order valence-electron chi connectivity index (χ3n) is 4.73. The molecular weight excluding hydrogens is 336 g/mol. The van der Waals surface area contributed by atoms with Crippen molar-refractivity contribution >= 4 is 21.4 Å². The number of hydrogen-bond donors (Lipinski definition) is 1. The Labute approximate surface area is 150 Å². The van der Waals surface area contributed by atoms with Gasteiger partial charge in [0.25, 0.3) is 0 Å². The quantitative estimate of drug-likeness (QED) is 0.732. The van der Waals surface area contributed by atoms with Crippen molar-refractivity contribution in [1.29, 1.82) is 0 Å². The highest BCUT2D eigenvalue weighted by atomic mass is 32.1. The van der Waals surface area contributed by atoms with E-state index in [-0.39, 0.29) is 5.41 Å². The van der Waals surface area contributed by atoms with Gasteiger partial charge in [-0.15, -0.1) is 5.10 Å². The second-order valence-electron chi connectivity index (χ2n) is 6.53. The summed E-state index contributed by atoms with van der Waals surface area (Å²) >= 11 is 1.58. The molecular formula is C18H22N4O2S. The fourth-order valence-electron chi connectivity index (χ4n) is 3.27. The molecule has 3 aromatic rings. The highest BCUT2D eigenvalue weighted by Crippen LogP contribution is 2.32. The van der Waals surface area contributed by atoms with Crippen molar-refractivity contribution in [2.45, 2.75) is 12.8 Å². The van der Waals surface area contributed by atoms with Crippen LogP contribution in [0.3, 0.4) is 0 Å². The molecule has 1 fully saturated rings. The normalized spacial score (nSPS) is 17.0. The number of fused-ring (bicyclic) bond motifs is 1. The summed E-state index contributed by atoms with van der Waals surface area (Å²) in [6.45, 7) is 3.18. The number of methoxy groups -OCH3 is 1. The molecule has 0 radical (unpaired) electrons. The molecule has 0 atom stereocenters. The summed E-state index contributed by atoms with van der Waals surface area (Å²) in [6.07, 6.45) is 3.99. The minimum absolute atomic E-state index is 0.121. The molecule has 7 heteroatoms. The minimum atomic E-state index is 0.121. The fourth-order valence-corrected chi connectivity index (χ4v) is 4.04. The largest absolute Gasteiger partial charge is 0.384 e. The topological polar surface area (TPSA) is 60.7 Å². The van der Waals surface area contributed by atoms with Crippen LogP contribution < -0.4 is 5.32 Å². The molecule has 0 spiro atoms. The number of aromatic nitrogens is 3. The van der Waals surface area contributed by atoms with Crippen LogP contribution in [0.1, 0.15) is 12.8 Å². The van der Waals surface area contributed by atoms with E-state index in [2.05, 4.69) is 27.5 Å². The Balaban J connectivity index is 1.48. The zero-order valence-electron chi connectivity index (χ0n) is 14.3. The van der Waals surface area contributed by atoms with E-state index < -0.39 is 0 Å². The van der Waals surface area contributed by atoms with Crippen molar-refractivity contribution < 1.29 is 9.47 Å². The maximum Gasteiger partial charge on any atom is 0.214 e. The zero-order chi connectivity index (χ0) is 17.1. The molecule has 0 amide bonds. The Morgan fingerprint density at radius 1 is 1.28 bits per heavy atom. The van der Waals surface area contributed by atoms with Gasteiger partial charge in [0.1, 0.15) is 0 Å². The standard InChI is InChI=1S/C18H22N4O2S/c1-23-13-18(7-9-24-10-8-18)12-19-16-21-22-11-15(20-17(22)25-16)14-5-3-2-4-6-14/h2-6,11H,7-10,12-13H2,1H3,(H,19,21). The van der Waals surface area contributed by atoms with Crippen molar-refractivity contribution in [1.82, 2.24) is 14.6 Å². The molecule has 0 aliphatic carbocycles. The smallest absolute Gasteiger partial charge is 0.214 e. The van der Waals surface area contributed by atoms with Gasteiger partial charge in [0.2, 0.25) is 10.1 Å². The van der Waals surface area contributed by atoms with Crippen molar-refractivity contribution in [2.24, 2.45) is 5.41 Å². The number of imidazole rings is 1. The molecule has 0 unspecified atom stereocenters. The summed E-state index contributed by atoms with van der Waals surface area (Å²) in [6, 6.07) is 10.2. The van der Waals surface area contributed by atoms with E-state index in [1.807, 2.05) is 28.9 Å². The van der Waals surface area contributed by atoms with Crippen LogP contribution in [0.5, 0.6) is 0 Å². The van der Waals surface area contributed by atoms with Crippen LogP contribution in [0.4, 0.5) is 5.13 Å². The van der Waals surface area contributed by atoms with Gasteiger partial charge in [0.15, 0.2) is 0 Å². The second kappa shape index (κ2) is 7.11. The van der Waals surface area contributed by atoms with Crippen LogP contribution in [-0.2, 0) is 9.47 Å². The van der Waals surface area contributed by atoms with Crippen LogP contribution >= 0.6 is 11.3 Å². The summed E-state index contributed by atoms with van der Waals surface area (Å²) in [5.74, 6) is 0. The Morgan fingerprint density at radius 2 is 2.08 bits per heavy atom. The van der Waals surface area contributed by atoms with Gasteiger partial charge in [-0.05, 0) is 12.8 Å². The van der Waals surface area contributed by atoms with Crippen molar-refractivity contribution in [3.63, 3.8) is 0 Å². The van der Waals surface area contributed by atoms with Crippen molar-refractivity contribution in [3.8, 4) is 11.3 Å². The number of benzene rings is 1. The number of hydrogen-bond acceptors (Lipinski definition) is 6. The summed E-state index contributed by atoms with van der Waals surface area (Å²) < 4.78 is 12.8. The molecule has 1 N–H and O–H groups in total. The number of anilines is 1. The molecule has 6 nitrogen and oxygen atoms in total. The van der Waals surface area contributed by atoms with E-state index in [1.165, 1.54) is 0 Å². The molecule has 1 aromatic carbocycles. The van der Waals surface area contributed by atoms with Gasteiger partial charge < -0.3 is 14.8 Å². The number of ether oxygens (including phenoxy) is 2. The van der Waals surface area contributed by atoms with Crippen LogP contribution in [0, 0.1) is 5.41 Å². The molecule has 0 bridgehead atoms. The molecule has 3 heterocycles. The predicted octanol–water partition coefficient (Wildman–Crippen LogP) is 3.31. The second-order valence-corrected chi connectivity index (χ2v) is 7.48. The monoisotopic (exact) mass is 358 g/mol. The Bertz CT molecular complexity index is 787. The number of nitrogens with one attached hydrogen (secondary N) is 1. The lowest BCUT2D eigenvalue weighted by Crippen LogP contribution is -2.39. The first kappa shape index (κ1) is 16.5. The van der Waals surface area contributed by atoms with E-state index in [0.717, 1.165) is 60.6 Å². The number of rotatable bonds is 6. The average Bonchev–Trinajstić information content (AvgIpc) is 3.21. The van der Waals surface area contributed by atoms with Gasteiger partial charge in [0, 0.05) is 37.8 Å². The lowest BCUT2D eigenvalue weighted by Gasteiger charge is -2.36. The third kappa shape index (κ3) is 3.53. The first-order valence-electron chi connectivity index (χ1n) is 8.50. The maximum absolute atomic E-state index is 5.50. The SMILES string of the molecule is COCC1(CNc2nn3cc(-c4ccccc4)nc3s2)CCOCC1. The maximum atomic E-state index is 5.50. The molecule has 1 aliphatic heterocycles. The van der Waals surface area contributed by atoms with Crippen LogP contribution in [-0.4, -0.2) is 48.1 Å². The van der Waals surface area contributed by atoms with Gasteiger partial charge >= 0.3 is 0 Å². The van der Waals surface area contributed by atoms with Crippen LogP contribution in [0.25, 0.3) is 16.2 Å². The molecule has 1 saturated heterocycles. The van der Waals surface area contributed by atoms with Gasteiger partial charge in [-0.3, -0.25) is 0 Å². The average molecular weight is 358 g/mol. The van der Waals surface area contributed by atoms with Gasteiger partial charge in [-0.1, -0.05) is 41.7 Å². The highest BCUT2D eigenvalue weighted by molar-refractivity contribution is 7.20. The molecule has 1 aliphatic rings. The first-order valence-corrected chi connectivity index (χ1v) is 9.32. The summed E-state index contributed by atoms with van der Waals surface area (Å²) in [5, 5.41) is 9.00. The molecule has 25 heavy (non-hydrogen) atoms. The molecule has 4 rings (SSSR count). The van der Waals surface area contributed by atoms with Crippen LogP contribution in [0.15, 0.2) is 36.5 Å². The van der Waals surface area contributed by atoms with Gasteiger partial charge in [0.05, 0.1) is 18.5 Å². The Morgan fingerprint density at radius 3 is 2.80 bits per heavy atom. The predicted molar refractivity (Wildman–Crippen MR) is 99.2 cm³/mol. The van der Waals surface area contributed by atoms with E-state index in [0.29, 0.717) is 0 Å². The Hall–Kier alpha value is -1.96. The minimum Gasteiger partial charge on any atom is -0.384 e. The zero-order valence-corrected chi connectivity index (χ0v) is 15.1. The van der Waals surface area contributed by atoms with E-state index >= 15 is 0 Å². The number of nitrogens with zero attached hydrogens (tertiary/aromatic N) is 3. The van der Waals surface area contributed by atoms with Crippen molar-refractivity contribution in [3.05, 3.63) is 36.5 Å². The van der Waals surface area contributed by atoms with Gasteiger partial charge in [-0.25, -0.2) is 9.50 Å². The lowest BCUT2D eigenvalue weighted by atomic mass is 9.81.